The number of pyridine rings is 1. The van der Waals surface area contributed by atoms with Gasteiger partial charge in [-0.15, -0.1) is 0 Å². The van der Waals surface area contributed by atoms with Gasteiger partial charge in [-0.25, -0.2) is 0 Å². The molecule has 0 fully saturated rings. The Balaban J connectivity index is 1.43. The first-order valence-electron chi connectivity index (χ1n) is 15.0. The molecular formula is C40H30N2OSi. The summed E-state index contributed by atoms with van der Waals surface area (Å²) in [5, 5.41) is 7.06. The van der Waals surface area contributed by atoms with Gasteiger partial charge in [-0.3, -0.25) is 9.36 Å². The van der Waals surface area contributed by atoms with Crippen LogP contribution in [0.3, 0.4) is 0 Å². The van der Waals surface area contributed by atoms with E-state index in [9.17, 15) is 4.79 Å². The van der Waals surface area contributed by atoms with Crippen LogP contribution in [-0.2, 0) is 0 Å². The lowest BCUT2D eigenvalue weighted by Crippen LogP contribution is -2.77. The highest BCUT2D eigenvalue weighted by Crippen LogP contribution is 2.39. The fourth-order valence-corrected chi connectivity index (χ4v) is 12.2. The van der Waals surface area contributed by atoms with Gasteiger partial charge in [0.25, 0.3) is 5.56 Å². The number of nitrogens with zero attached hydrogens (tertiary/aromatic N) is 2. The summed E-state index contributed by atoms with van der Waals surface area (Å²) < 4.78 is 1.77. The van der Waals surface area contributed by atoms with Crippen molar-refractivity contribution in [2.75, 3.05) is 4.90 Å². The molecule has 0 bridgehead atoms. The zero-order valence-corrected chi connectivity index (χ0v) is 25.4. The number of hydrogen-bond donors (Lipinski definition) is 0. The first-order chi connectivity index (χ1) is 21.7. The second kappa shape index (κ2) is 10.4. The van der Waals surface area contributed by atoms with E-state index >= 15 is 0 Å². The quantitative estimate of drug-likeness (QED) is 0.223. The Labute approximate surface area is 257 Å². The molecular weight excluding hydrogens is 553 g/mol. The molecule has 2 heterocycles. The summed E-state index contributed by atoms with van der Waals surface area (Å²) in [5.41, 5.74) is 5.19. The average molecular weight is 583 g/mol. The molecule has 0 N–H and O–H groups in total. The first kappa shape index (κ1) is 26.2. The minimum Gasteiger partial charge on any atom is -0.311 e. The smallest absolute Gasteiger partial charge is 0.263 e. The summed E-state index contributed by atoms with van der Waals surface area (Å²) in [5.74, 6) is 0. The van der Waals surface area contributed by atoms with E-state index in [-0.39, 0.29) is 5.56 Å². The Bertz CT molecular complexity index is 2120. The topological polar surface area (TPSA) is 25.2 Å². The molecule has 1 aliphatic rings. The molecule has 1 aliphatic heterocycles. The van der Waals surface area contributed by atoms with Crippen molar-refractivity contribution in [1.82, 2.24) is 4.57 Å². The molecule has 0 amide bonds. The van der Waals surface area contributed by atoms with Crippen molar-refractivity contribution in [3.8, 4) is 5.69 Å². The van der Waals surface area contributed by atoms with E-state index in [4.69, 9.17) is 0 Å². The Morgan fingerprint density at radius 1 is 0.500 bits per heavy atom. The molecule has 0 spiro atoms. The van der Waals surface area contributed by atoms with Crippen LogP contribution in [0, 0.1) is 6.92 Å². The van der Waals surface area contributed by atoms with Crippen LogP contribution < -0.4 is 31.2 Å². The Kier molecular flexibility index (Phi) is 6.17. The maximum atomic E-state index is 14.0. The van der Waals surface area contributed by atoms with E-state index in [0.717, 1.165) is 33.7 Å². The minimum absolute atomic E-state index is 0.0190. The third-order valence-electron chi connectivity index (χ3n) is 9.00. The lowest BCUT2D eigenvalue weighted by molar-refractivity contribution is 0.996. The average Bonchev–Trinajstić information content (AvgIpc) is 3.10. The maximum Gasteiger partial charge on any atom is 0.263 e. The lowest BCUT2D eigenvalue weighted by atomic mass is 10.1. The number of para-hydroxylation sites is 3. The van der Waals surface area contributed by atoms with E-state index in [2.05, 4.69) is 139 Å². The molecule has 7 aromatic rings. The van der Waals surface area contributed by atoms with Crippen LogP contribution in [0.2, 0.25) is 0 Å². The number of rotatable bonds is 4. The summed E-state index contributed by atoms with van der Waals surface area (Å²) in [6, 6.07) is 55.9. The van der Waals surface area contributed by atoms with Crippen LogP contribution in [0.15, 0.2) is 169 Å². The number of benzene rings is 6. The third kappa shape index (κ3) is 3.85. The van der Waals surface area contributed by atoms with E-state index in [0.29, 0.717) is 5.39 Å². The molecule has 0 unspecified atom stereocenters. The highest BCUT2D eigenvalue weighted by molar-refractivity contribution is 7.21. The van der Waals surface area contributed by atoms with Gasteiger partial charge in [0, 0.05) is 34.3 Å². The van der Waals surface area contributed by atoms with Crippen molar-refractivity contribution in [2.24, 2.45) is 0 Å². The van der Waals surface area contributed by atoms with Crippen LogP contribution in [0.1, 0.15) is 5.56 Å². The summed E-state index contributed by atoms with van der Waals surface area (Å²) >= 11 is 0. The molecule has 44 heavy (non-hydrogen) atoms. The number of fused-ring (bicyclic) bond motifs is 3. The van der Waals surface area contributed by atoms with Gasteiger partial charge in [-0.2, -0.15) is 0 Å². The molecule has 0 radical (unpaired) electrons. The predicted octanol–water partition coefficient (Wildman–Crippen LogP) is 6.46. The standard InChI is InChI=1S/C40H30N2OSi/c1-29-28-41(30-15-5-2-6-16-30)40(43)35-27-31(25-26-34(29)35)42-36-21-11-13-23-38(36)44(32-17-7-3-8-18-32,33-19-9-4-10-20-33)39-24-14-12-22-37(39)42/h2-28H,1H3. The van der Waals surface area contributed by atoms with Gasteiger partial charge < -0.3 is 4.90 Å². The zero-order chi connectivity index (χ0) is 29.7. The van der Waals surface area contributed by atoms with Crippen LogP contribution >= 0.6 is 0 Å². The molecule has 1 aromatic heterocycles. The van der Waals surface area contributed by atoms with Gasteiger partial charge in [-0.1, -0.05) is 121 Å². The van der Waals surface area contributed by atoms with E-state index in [1.807, 2.05) is 36.5 Å². The molecule has 6 aromatic carbocycles. The molecule has 3 nitrogen and oxygen atoms in total. The molecule has 0 saturated carbocycles. The molecule has 0 atom stereocenters. The second-order valence-corrected chi connectivity index (χ2v) is 15.1. The first-order valence-corrected chi connectivity index (χ1v) is 17.0. The minimum atomic E-state index is -2.68. The summed E-state index contributed by atoms with van der Waals surface area (Å²) in [6.07, 6.45) is 1.95. The zero-order valence-electron chi connectivity index (χ0n) is 24.4. The molecule has 0 saturated heterocycles. The van der Waals surface area contributed by atoms with Crippen molar-refractivity contribution in [3.63, 3.8) is 0 Å². The fraction of sp³-hybridized carbons (Fsp3) is 0.0250. The van der Waals surface area contributed by atoms with Crippen molar-refractivity contribution in [1.29, 1.82) is 0 Å². The van der Waals surface area contributed by atoms with Gasteiger partial charge in [0.2, 0.25) is 0 Å². The van der Waals surface area contributed by atoms with Crippen molar-refractivity contribution in [3.05, 3.63) is 180 Å². The SMILES string of the molecule is Cc1cn(-c2ccccc2)c(=O)c2cc(N3c4ccccc4[Si](c4ccccc4)(c4ccccc4)c4ccccc43)ccc12. The highest BCUT2D eigenvalue weighted by atomic mass is 28.3. The van der Waals surface area contributed by atoms with Crippen LogP contribution in [0.25, 0.3) is 16.5 Å². The van der Waals surface area contributed by atoms with Crippen LogP contribution in [0.5, 0.6) is 0 Å². The number of aromatic nitrogens is 1. The van der Waals surface area contributed by atoms with Gasteiger partial charge >= 0.3 is 0 Å². The summed E-state index contributed by atoms with van der Waals surface area (Å²) in [4.78, 5) is 16.4. The van der Waals surface area contributed by atoms with Gasteiger partial charge in [0.05, 0.1) is 0 Å². The monoisotopic (exact) mass is 582 g/mol. The Hall–Kier alpha value is -5.45. The van der Waals surface area contributed by atoms with Crippen molar-refractivity contribution < 1.29 is 0 Å². The summed E-state index contributed by atoms with van der Waals surface area (Å²) in [7, 11) is -2.68. The van der Waals surface area contributed by atoms with E-state index in [1.54, 1.807) is 4.57 Å². The second-order valence-electron chi connectivity index (χ2n) is 11.4. The van der Waals surface area contributed by atoms with E-state index < -0.39 is 8.07 Å². The van der Waals surface area contributed by atoms with Crippen molar-refractivity contribution >= 4 is 56.7 Å². The Morgan fingerprint density at radius 2 is 1.00 bits per heavy atom. The van der Waals surface area contributed by atoms with Gasteiger partial charge in [0.15, 0.2) is 8.07 Å². The number of aryl methyl sites for hydroxylation is 1. The van der Waals surface area contributed by atoms with E-state index in [1.165, 1.54) is 20.7 Å². The normalized spacial score (nSPS) is 13.3. The number of anilines is 3. The summed E-state index contributed by atoms with van der Waals surface area (Å²) in [6.45, 7) is 2.08. The highest BCUT2D eigenvalue weighted by Gasteiger charge is 2.48. The van der Waals surface area contributed by atoms with Crippen molar-refractivity contribution in [2.45, 2.75) is 6.92 Å². The fourth-order valence-electron chi connectivity index (χ4n) is 7.11. The number of hydrogen-bond acceptors (Lipinski definition) is 2. The lowest BCUT2D eigenvalue weighted by Gasteiger charge is -2.45. The largest absolute Gasteiger partial charge is 0.311 e. The van der Waals surface area contributed by atoms with Gasteiger partial charge in [0.1, 0.15) is 0 Å². The maximum absolute atomic E-state index is 14.0. The van der Waals surface area contributed by atoms with Crippen LogP contribution in [-0.4, -0.2) is 12.6 Å². The molecule has 0 aliphatic carbocycles. The Morgan fingerprint density at radius 3 is 1.57 bits per heavy atom. The predicted molar refractivity (Wildman–Crippen MR) is 186 cm³/mol. The van der Waals surface area contributed by atoms with Gasteiger partial charge in [-0.05, 0) is 75.0 Å². The molecule has 4 heteroatoms. The van der Waals surface area contributed by atoms with Crippen LogP contribution in [0.4, 0.5) is 17.1 Å². The molecule has 210 valence electrons. The molecule has 8 rings (SSSR count). The third-order valence-corrected chi connectivity index (χ3v) is 13.9.